The zero-order valence-electron chi connectivity index (χ0n) is 12.6. The van der Waals surface area contributed by atoms with Gasteiger partial charge in [0, 0.05) is 11.3 Å². The van der Waals surface area contributed by atoms with Crippen LogP contribution in [0, 0.1) is 12.7 Å². The molecule has 122 valence electrons. The Balaban J connectivity index is 1.83. The third-order valence-corrected chi connectivity index (χ3v) is 3.66. The van der Waals surface area contributed by atoms with E-state index in [0.29, 0.717) is 33.4 Å². The summed E-state index contributed by atoms with van der Waals surface area (Å²) in [5.74, 6) is 0.0658. The van der Waals surface area contributed by atoms with Crippen molar-refractivity contribution in [2.75, 3.05) is 10.6 Å². The van der Waals surface area contributed by atoms with Crippen LogP contribution in [-0.2, 0) is 0 Å². The number of hydrogen-bond acceptors (Lipinski definition) is 3. The third-order valence-electron chi connectivity index (χ3n) is 3.33. The number of urea groups is 1. The minimum atomic E-state index is -0.499. The molecule has 0 radical (unpaired) electrons. The third kappa shape index (κ3) is 3.38. The molecule has 0 saturated carbocycles. The first-order valence-corrected chi connectivity index (χ1v) is 7.47. The first-order valence-electron chi connectivity index (χ1n) is 7.09. The maximum absolute atomic E-state index is 12.9. The standard InChI is InChI=1S/C17H13ClFN3O2/c1-10-15(16(22-24-10)13-4-2-3-5-14(13)18)21-17(23)20-12-8-6-11(19)7-9-12/h2-9H,1H3,(H2,20,21,23). The number of anilines is 2. The van der Waals surface area contributed by atoms with E-state index in [1.807, 2.05) is 6.07 Å². The summed E-state index contributed by atoms with van der Waals surface area (Å²) in [7, 11) is 0. The van der Waals surface area contributed by atoms with Crippen molar-refractivity contribution in [3.05, 3.63) is 65.1 Å². The fourth-order valence-electron chi connectivity index (χ4n) is 2.17. The number of nitrogens with one attached hydrogen (secondary N) is 2. The number of benzene rings is 2. The fraction of sp³-hybridized carbons (Fsp3) is 0.0588. The van der Waals surface area contributed by atoms with E-state index in [1.165, 1.54) is 24.3 Å². The van der Waals surface area contributed by atoms with Crippen molar-refractivity contribution in [2.24, 2.45) is 0 Å². The fourth-order valence-corrected chi connectivity index (χ4v) is 2.39. The lowest BCUT2D eigenvalue weighted by Crippen LogP contribution is -2.20. The van der Waals surface area contributed by atoms with E-state index < -0.39 is 6.03 Å². The van der Waals surface area contributed by atoms with E-state index >= 15 is 0 Å². The number of carbonyl (C=O) groups excluding carboxylic acids is 1. The van der Waals surface area contributed by atoms with Gasteiger partial charge in [0.05, 0.1) is 5.02 Å². The molecule has 24 heavy (non-hydrogen) atoms. The predicted octanol–water partition coefficient (Wildman–Crippen LogP) is 5.09. The predicted molar refractivity (Wildman–Crippen MR) is 90.7 cm³/mol. The molecule has 1 heterocycles. The van der Waals surface area contributed by atoms with Crippen molar-refractivity contribution >= 4 is 29.0 Å². The molecule has 0 fully saturated rings. The molecular weight excluding hydrogens is 333 g/mol. The lowest BCUT2D eigenvalue weighted by molar-refractivity contribution is 0.262. The van der Waals surface area contributed by atoms with Crippen LogP contribution in [0.15, 0.2) is 53.1 Å². The van der Waals surface area contributed by atoms with E-state index in [0.717, 1.165) is 0 Å². The topological polar surface area (TPSA) is 67.2 Å². The number of hydrogen-bond donors (Lipinski definition) is 2. The van der Waals surface area contributed by atoms with E-state index in [1.54, 1.807) is 25.1 Å². The summed E-state index contributed by atoms with van der Waals surface area (Å²) in [5, 5.41) is 9.76. The Labute approximate surface area is 142 Å². The molecule has 5 nitrogen and oxygen atoms in total. The van der Waals surface area contributed by atoms with Gasteiger partial charge in [-0.05, 0) is 37.3 Å². The molecule has 0 saturated heterocycles. The van der Waals surface area contributed by atoms with Crippen LogP contribution in [0.25, 0.3) is 11.3 Å². The Morgan fingerprint density at radius 1 is 1.12 bits per heavy atom. The number of rotatable bonds is 3. The zero-order chi connectivity index (χ0) is 17.1. The normalized spacial score (nSPS) is 10.5. The molecule has 0 bridgehead atoms. The Morgan fingerprint density at radius 2 is 1.83 bits per heavy atom. The molecule has 2 N–H and O–H groups in total. The van der Waals surface area contributed by atoms with Gasteiger partial charge < -0.3 is 15.2 Å². The van der Waals surface area contributed by atoms with Crippen LogP contribution in [-0.4, -0.2) is 11.2 Å². The molecule has 0 aliphatic heterocycles. The molecule has 0 atom stereocenters. The summed E-state index contributed by atoms with van der Waals surface area (Å²) in [5.41, 5.74) is 1.96. The van der Waals surface area contributed by atoms with Crippen molar-refractivity contribution in [3.8, 4) is 11.3 Å². The Kier molecular flexibility index (Phi) is 4.48. The van der Waals surface area contributed by atoms with Crippen molar-refractivity contribution in [1.82, 2.24) is 5.16 Å². The second kappa shape index (κ2) is 6.72. The Hall–Kier alpha value is -2.86. The molecule has 2 amide bonds. The first kappa shape index (κ1) is 16.0. The molecule has 1 aromatic heterocycles. The molecule has 0 unspecified atom stereocenters. The number of carbonyl (C=O) groups is 1. The van der Waals surface area contributed by atoms with Gasteiger partial charge >= 0.3 is 6.03 Å². The zero-order valence-corrected chi connectivity index (χ0v) is 13.4. The van der Waals surface area contributed by atoms with E-state index in [-0.39, 0.29) is 5.82 Å². The number of aryl methyl sites for hydroxylation is 1. The van der Waals surface area contributed by atoms with E-state index in [2.05, 4.69) is 15.8 Å². The highest BCUT2D eigenvalue weighted by Gasteiger charge is 2.18. The quantitative estimate of drug-likeness (QED) is 0.695. The minimum absolute atomic E-state index is 0.378. The van der Waals surface area contributed by atoms with Gasteiger partial charge in [-0.15, -0.1) is 0 Å². The van der Waals surface area contributed by atoms with Gasteiger partial charge in [-0.1, -0.05) is 35.0 Å². The van der Waals surface area contributed by atoms with Gasteiger partial charge in [0.2, 0.25) is 0 Å². The molecule has 0 aliphatic carbocycles. The molecule has 2 aromatic carbocycles. The van der Waals surface area contributed by atoms with Gasteiger partial charge in [-0.3, -0.25) is 0 Å². The first-order chi connectivity index (χ1) is 11.5. The second-order valence-corrected chi connectivity index (χ2v) is 5.44. The summed E-state index contributed by atoms with van der Waals surface area (Å²) in [4.78, 5) is 12.2. The summed E-state index contributed by atoms with van der Waals surface area (Å²) in [6.07, 6.45) is 0. The average Bonchev–Trinajstić information content (AvgIpc) is 2.91. The average molecular weight is 346 g/mol. The number of amides is 2. The Morgan fingerprint density at radius 3 is 2.54 bits per heavy atom. The summed E-state index contributed by atoms with van der Waals surface area (Å²) >= 11 is 6.18. The largest absolute Gasteiger partial charge is 0.359 e. The van der Waals surface area contributed by atoms with Crippen LogP contribution in [0.1, 0.15) is 5.76 Å². The second-order valence-electron chi connectivity index (χ2n) is 5.03. The highest BCUT2D eigenvalue weighted by atomic mass is 35.5. The van der Waals surface area contributed by atoms with Gasteiger partial charge in [0.15, 0.2) is 5.76 Å². The molecule has 0 aliphatic rings. The molecule has 3 aromatic rings. The number of aromatic nitrogens is 1. The monoisotopic (exact) mass is 345 g/mol. The SMILES string of the molecule is Cc1onc(-c2ccccc2Cl)c1NC(=O)Nc1ccc(F)cc1. The van der Waals surface area contributed by atoms with Crippen LogP contribution < -0.4 is 10.6 Å². The Bertz CT molecular complexity index is 878. The van der Waals surface area contributed by atoms with E-state index in [4.69, 9.17) is 16.1 Å². The van der Waals surface area contributed by atoms with Crippen LogP contribution >= 0.6 is 11.6 Å². The highest BCUT2D eigenvalue weighted by Crippen LogP contribution is 2.34. The number of nitrogens with zero attached hydrogens (tertiary/aromatic N) is 1. The van der Waals surface area contributed by atoms with E-state index in [9.17, 15) is 9.18 Å². The van der Waals surface area contributed by atoms with Crippen LogP contribution in [0.4, 0.5) is 20.6 Å². The van der Waals surface area contributed by atoms with Gasteiger partial charge in [0.1, 0.15) is 17.2 Å². The van der Waals surface area contributed by atoms with Gasteiger partial charge in [-0.25, -0.2) is 9.18 Å². The highest BCUT2D eigenvalue weighted by molar-refractivity contribution is 6.33. The maximum atomic E-state index is 12.9. The van der Waals surface area contributed by atoms with Gasteiger partial charge in [0.25, 0.3) is 0 Å². The lowest BCUT2D eigenvalue weighted by atomic mass is 10.1. The maximum Gasteiger partial charge on any atom is 0.323 e. The summed E-state index contributed by atoms with van der Waals surface area (Å²) < 4.78 is 18.1. The molecule has 3 rings (SSSR count). The minimum Gasteiger partial charge on any atom is -0.359 e. The molecule has 0 spiro atoms. The van der Waals surface area contributed by atoms with Gasteiger partial charge in [-0.2, -0.15) is 0 Å². The van der Waals surface area contributed by atoms with Crippen molar-refractivity contribution in [2.45, 2.75) is 6.92 Å². The molecule has 7 heteroatoms. The summed E-state index contributed by atoms with van der Waals surface area (Å²) in [6.45, 7) is 1.68. The molecular formula is C17H13ClFN3O2. The van der Waals surface area contributed by atoms with Crippen molar-refractivity contribution in [3.63, 3.8) is 0 Å². The van der Waals surface area contributed by atoms with Crippen LogP contribution in [0.2, 0.25) is 5.02 Å². The smallest absolute Gasteiger partial charge is 0.323 e. The number of halogens is 2. The lowest BCUT2D eigenvalue weighted by Gasteiger charge is -2.08. The van der Waals surface area contributed by atoms with Crippen LogP contribution in [0.5, 0.6) is 0 Å². The van der Waals surface area contributed by atoms with Crippen molar-refractivity contribution < 1.29 is 13.7 Å². The summed E-state index contributed by atoms with van der Waals surface area (Å²) in [6, 6.07) is 12.1. The van der Waals surface area contributed by atoms with Crippen LogP contribution in [0.3, 0.4) is 0 Å². The van der Waals surface area contributed by atoms with Crippen molar-refractivity contribution in [1.29, 1.82) is 0 Å².